The summed E-state index contributed by atoms with van der Waals surface area (Å²) in [7, 11) is 0. The molecular weight excluding hydrogens is 1320 g/mol. The molecule has 0 bridgehead atoms. The highest BCUT2D eigenvalue weighted by molar-refractivity contribution is 6.23. The van der Waals surface area contributed by atoms with Gasteiger partial charge >= 0.3 is 0 Å². The molecule has 0 fully saturated rings. The molecule has 0 amide bonds. The Bertz CT molecular complexity index is 7180. The highest BCUT2D eigenvalue weighted by Gasteiger charge is 2.54. The molecular formula is C99H57N7O2. The first-order valence-corrected chi connectivity index (χ1v) is 36.8. The number of rotatable bonds is 6. The summed E-state index contributed by atoms with van der Waals surface area (Å²) in [6.45, 7) is 0. The fourth-order valence-electron chi connectivity index (χ4n) is 19.1. The average Bonchev–Trinajstić information content (AvgIpc) is 1.48. The van der Waals surface area contributed by atoms with Crippen molar-refractivity contribution < 1.29 is 9.47 Å². The van der Waals surface area contributed by atoms with E-state index < -0.39 is 10.8 Å². The maximum atomic E-state index is 7.87. The van der Waals surface area contributed by atoms with Gasteiger partial charge in [-0.05, 0) is 91.2 Å². The van der Waals surface area contributed by atoms with Crippen LogP contribution in [0.15, 0.2) is 346 Å². The summed E-state index contributed by atoms with van der Waals surface area (Å²) in [5.41, 5.74) is 23.3. The highest BCUT2D eigenvalue weighted by Crippen LogP contribution is 2.66. The lowest BCUT2D eigenvalue weighted by atomic mass is 9.65. The third-order valence-electron chi connectivity index (χ3n) is 23.5. The smallest absolute Gasteiger partial charge is 0.237 e. The second-order valence-corrected chi connectivity index (χ2v) is 28.8. The molecule has 0 atom stereocenters. The number of hydrogen-bond acceptors (Lipinski definition) is 7. The molecule has 2 spiro atoms. The second-order valence-electron chi connectivity index (χ2n) is 28.8. The zero-order valence-electron chi connectivity index (χ0n) is 57.9. The van der Waals surface area contributed by atoms with Gasteiger partial charge in [-0.2, -0.15) is 4.98 Å². The number of aromatic nitrogens is 7. The van der Waals surface area contributed by atoms with Crippen LogP contribution in [0.25, 0.3) is 155 Å². The predicted molar refractivity (Wildman–Crippen MR) is 433 cm³/mol. The minimum Gasteiger partial charge on any atom is -0.456 e. The van der Waals surface area contributed by atoms with Crippen molar-refractivity contribution in [1.82, 2.24) is 34.1 Å². The van der Waals surface area contributed by atoms with E-state index >= 15 is 0 Å². The molecule has 7 heterocycles. The van der Waals surface area contributed by atoms with Gasteiger partial charge in [0.2, 0.25) is 5.95 Å². The summed E-state index contributed by atoms with van der Waals surface area (Å²) in [6, 6.07) is 122. The molecule has 0 saturated heterocycles. The minimum atomic E-state index is -0.793. The number of fused-ring (bicyclic) bond motifs is 31. The number of para-hydroxylation sites is 1. The number of nitrogens with zero attached hydrogens (tertiary/aromatic N) is 7. The van der Waals surface area contributed by atoms with E-state index in [1.54, 1.807) is 0 Å². The van der Waals surface area contributed by atoms with Gasteiger partial charge in [0.05, 0.1) is 55.1 Å². The molecule has 0 saturated carbocycles. The average molecular weight is 1380 g/mol. The van der Waals surface area contributed by atoms with E-state index in [2.05, 4.69) is 325 Å². The fourth-order valence-corrected chi connectivity index (χ4v) is 19.1. The van der Waals surface area contributed by atoms with Crippen LogP contribution in [0, 0.1) is 0 Å². The van der Waals surface area contributed by atoms with E-state index in [1.165, 1.54) is 44.5 Å². The molecule has 2 aliphatic carbocycles. The Kier molecular flexibility index (Phi) is 12.1. The van der Waals surface area contributed by atoms with Crippen LogP contribution < -0.4 is 9.47 Å². The Labute approximate surface area is 619 Å². The summed E-state index contributed by atoms with van der Waals surface area (Å²) in [5.74, 6) is 5.06. The van der Waals surface area contributed by atoms with Gasteiger partial charge in [-0.25, -0.2) is 19.9 Å². The molecule has 4 aliphatic rings. The number of hydrogen-bond donors (Lipinski definition) is 0. The van der Waals surface area contributed by atoms with Crippen LogP contribution in [-0.2, 0) is 10.8 Å². The first kappa shape index (κ1) is 59.0. The van der Waals surface area contributed by atoms with Crippen LogP contribution in [0.1, 0.15) is 44.5 Å². The van der Waals surface area contributed by atoms with E-state index in [-0.39, 0.29) is 0 Å². The van der Waals surface area contributed by atoms with Crippen molar-refractivity contribution in [3.63, 3.8) is 0 Å². The SMILES string of the molecule is c1ccc(-c2cc(-n3c4ccc5c(c4c4ccc6ccccc6c43)Oc3cc(-c4cnc6nc(-n7c8ccc9c(c8c8ccc%10ccccc%10c87)Oc7ccccc7C97c8ccccc8-c8ccccc87)nc(-c7ccccc7)c6c4)ccc3C53c4ccccc4-c4ccccc43)nc(-c3ccccc3)n2)cc1. The summed E-state index contributed by atoms with van der Waals surface area (Å²) < 4.78 is 19.9. The monoisotopic (exact) mass is 1380 g/mol. The van der Waals surface area contributed by atoms with E-state index in [1.807, 2.05) is 30.5 Å². The quantitative estimate of drug-likeness (QED) is 0.164. The standard InChI is InChI=1S/C99H57N7O2/c1-4-26-60(27-5-1)82-56-87(102-95(101-82)62-30-8-3-9-31-62)105-83-52-50-81-94(88(83)71-47-44-58-24-10-12-32-65(58)91(71)105)108-86-55-63(46-49-79(86)99(81)76-40-20-16-36-69(76)70-37-17-21-41-77(70)99)64-54-73-90(61-28-6-2-7-29-61)103-97(104-96(73)100-57-64)106-84-53-51-80-93(89(84)72-48-45-59-25-11-13-33-66(59)92(72)106)107-85-43-23-22-42-78(85)98(80)74-38-18-14-34-67(74)68-35-15-19-39-75(68)98/h1-57H. The molecule has 24 rings (SSSR count). The lowest BCUT2D eigenvalue weighted by molar-refractivity contribution is 0.442. The molecule has 2 aliphatic heterocycles. The highest BCUT2D eigenvalue weighted by atomic mass is 16.5. The molecule has 0 radical (unpaired) electrons. The molecule has 500 valence electrons. The van der Waals surface area contributed by atoms with Crippen molar-refractivity contribution in [3.8, 4) is 102 Å². The topological polar surface area (TPSA) is 92.8 Å². The fraction of sp³-hybridized carbons (Fsp3) is 0.0202. The van der Waals surface area contributed by atoms with Gasteiger partial charge in [0.15, 0.2) is 11.5 Å². The lowest BCUT2D eigenvalue weighted by Crippen LogP contribution is -2.32. The summed E-state index contributed by atoms with van der Waals surface area (Å²) >= 11 is 0. The summed E-state index contributed by atoms with van der Waals surface area (Å²) in [6.07, 6.45) is 1.97. The van der Waals surface area contributed by atoms with Gasteiger partial charge in [-0.1, -0.05) is 303 Å². The summed E-state index contributed by atoms with van der Waals surface area (Å²) in [4.78, 5) is 27.7. The van der Waals surface area contributed by atoms with Crippen LogP contribution >= 0.6 is 0 Å². The number of benzene rings is 15. The zero-order valence-corrected chi connectivity index (χ0v) is 57.9. The first-order chi connectivity index (χ1) is 53.6. The molecule has 15 aromatic carbocycles. The molecule has 0 unspecified atom stereocenters. The van der Waals surface area contributed by atoms with Gasteiger partial charge in [0, 0.05) is 83.7 Å². The predicted octanol–water partition coefficient (Wildman–Crippen LogP) is 23.9. The Balaban J connectivity index is 0.723. The zero-order chi connectivity index (χ0) is 70.5. The van der Waals surface area contributed by atoms with E-state index in [0.717, 1.165) is 161 Å². The third kappa shape index (κ3) is 7.89. The van der Waals surface area contributed by atoms with Crippen LogP contribution in [0.4, 0.5) is 0 Å². The molecule has 9 nitrogen and oxygen atoms in total. The number of pyridine rings is 1. The lowest BCUT2D eigenvalue weighted by Gasteiger charge is -2.40. The van der Waals surface area contributed by atoms with Crippen LogP contribution in [0.2, 0.25) is 0 Å². The van der Waals surface area contributed by atoms with Crippen molar-refractivity contribution in [2.45, 2.75) is 10.8 Å². The van der Waals surface area contributed by atoms with Crippen molar-refractivity contribution in [2.75, 3.05) is 0 Å². The maximum Gasteiger partial charge on any atom is 0.237 e. The molecule has 5 aromatic heterocycles. The van der Waals surface area contributed by atoms with E-state index in [4.69, 9.17) is 34.4 Å². The Hall–Kier alpha value is -14.4. The molecule has 20 aromatic rings. The van der Waals surface area contributed by atoms with Crippen molar-refractivity contribution in [2.24, 2.45) is 0 Å². The second kappa shape index (κ2) is 22.1. The van der Waals surface area contributed by atoms with Crippen LogP contribution in [0.5, 0.6) is 23.0 Å². The van der Waals surface area contributed by atoms with E-state index in [0.29, 0.717) is 17.4 Å². The van der Waals surface area contributed by atoms with Gasteiger partial charge in [-0.15, -0.1) is 0 Å². The first-order valence-electron chi connectivity index (χ1n) is 36.8. The normalized spacial score (nSPS) is 13.7. The maximum absolute atomic E-state index is 7.87. The van der Waals surface area contributed by atoms with Gasteiger partial charge in [0.1, 0.15) is 28.8 Å². The third-order valence-corrected chi connectivity index (χ3v) is 23.5. The molecule has 9 heteroatoms. The Morgan fingerprint density at radius 1 is 0.287 bits per heavy atom. The van der Waals surface area contributed by atoms with Crippen molar-refractivity contribution in [3.05, 3.63) is 390 Å². The molecule has 0 N–H and O–H groups in total. The largest absolute Gasteiger partial charge is 0.456 e. The van der Waals surface area contributed by atoms with Crippen LogP contribution in [-0.4, -0.2) is 34.1 Å². The molecule has 108 heavy (non-hydrogen) atoms. The minimum absolute atomic E-state index is 0.498. The van der Waals surface area contributed by atoms with Gasteiger partial charge in [-0.3, -0.25) is 9.13 Å². The number of ether oxygens (including phenoxy) is 2. The van der Waals surface area contributed by atoms with E-state index in [9.17, 15) is 0 Å². The Morgan fingerprint density at radius 2 is 0.759 bits per heavy atom. The van der Waals surface area contributed by atoms with Crippen LogP contribution in [0.3, 0.4) is 0 Å². The van der Waals surface area contributed by atoms with Crippen molar-refractivity contribution >= 4 is 76.2 Å². The van der Waals surface area contributed by atoms with Gasteiger partial charge < -0.3 is 9.47 Å². The Morgan fingerprint density at radius 3 is 1.35 bits per heavy atom. The van der Waals surface area contributed by atoms with Crippen molar-refractivity contribution in [1.29, 1.82) is 0 Å². The van der Waals surface area contributed by atoms with Gasteiger partial charge in [0.25, 0.3) is 0 Å². The summed E-state index contributed by atoms with van der Waals surface area (Å²) in [5, 5.41) is 9.25.